The van der Waals surface area contributed by atoms with E-state index in [-0.39, 0.29) is 11.7 Å². The standard InChI is InChI=1S/C26H27N5O4/c1-16(2)25(26(33)34)23-15-24(29-35-23)31-11-9-30(10-12-31)18-8-7-17-13-21(28-27-20(17)14-18)19-5-3-4-6-22(19)32/h3-8,13-16,25,32H,9-12H2,1-2H3,(H,33,34). The van der Waals surface area contributed by atoms with Crippen LogP contribution in [0.1, 0.15) is 25.5 Å². The van der Waals surface area contributed by atoms with Crippen molar-refractivity contribution in [3.8, 4) is 17.0 Å². The zero-order chi connectivity index (χ0) is 24.5. The zero-order valence-electron chi connectivity index (χ0n) is 19.6. The van der Waals surface area contributed by atoms with Gasteiger partial charge < -0.3 is 24.5 Å². The molecule has 1 saturated heterocycles. The van der Waals surface area contributed by atoms with Crippen LogP contribution in [0.15, 0.2) is 59.1 Å². The first kappa shape index (κ1) is 22.6. The van der Waals surface area contributed by atoms with Crippen LogP contribution in [0, 0.1) is 5.92 Å². The number of hydrogen-bond donors (Lipinski definition) is 2. The molecule has 2 aromatic heterocycles. The van der Waals surface area contributed by atoms with E-state index in [1.807, 2.05) is 44.2 Å². The highest BCUT2D eigenvalue weighted by atomic mass is 16.5. The molecule has 0 radical (unpaired) electrons. The Balaban J connectivity index is 1.28. The van der Waals surface area contributed by atoms with Crippen molar-refractivity contribution in [3.05, 3.63) is 60.4 Å². The molecule has 0 amide bonds. The number of aromatic hydroxyl groups is 1. The number of rotatable bonds is 6. The molecule has 9 nitrogen and oxygen atoms in total. The number of phenols is 1. The van der Waals surface area contributed by atoms with Crippen LogP contribution in [0.25, 0.3) is 22.2 Å². The summed E-state index contributed by atoms with van der Waals surface area (Å²) in [7, 11) is 0. The van der Waals surface area contributed by atoms with Gasteiger partial charge in [0.05, 0.1) is 11.2 Å². The second kappa shape index (κ2) is 9.25. The third-order valence-corrected chi connectivity index (χ3v) is 6.48. The third-order valence-electron chi connectivity index (χ3n) is 6.48. The quantitative estimate of drug-likeness (QED) is 0.426. The first-order valence-corrected chi connectivity index (χ1v) is 11.7. The highest BCUT2D eigenvalue weighted by Crippen LogP contribution is 2.31. The summed E-state index contributed by atoms with van der Waals surface area (Å²) in [5.41, 5.74) is 3.14. The lowest BCUT2D eigenvalue weighted by molar-refractivity contribution is -0.140. The number of carbonyl (C=O) groups is 1. The van der Waals surface area contributed by atoms with Crippen LogP contribution in [-0.2, 0) is 4.79 Å². The number of nitrogens with zero attached hydrogens (tertiary/aromatic N) is 5. The number of para-hydroxylation sites is 1. The molecule has 1 aliphatic rings. The maximum atomic E-state index is 11.6. The molecule has 35 heavy (non-hydrogen) atoms. The number of carboxylic acid groups (broad SMARTS) is 1. The molecule has 0 saturated carbocycles. The molecule has 180 valence electrons. The van der Waals surface area contributed by atoms with E-state index in [0.717, 1.165) is 42.8 Å². The first-order valence-electron chi connectivity index (χ1n) is 11.7. The van der Waals surface area contributed by atoms with Crippen molar-refractivity contribution in [2.75, 3.05) is 36.0 Å². The number of benzene rings is 2. The molecular weight excluding hydrogens is 446 g/mol. The number of fused-ring (bicyclic) bond motifs is 1. The van der Waals surface area contributed by atoms with Gasteiger partial charge in [0, 0.05) is 48.9 Å². The van der Waals surface area contributed by atoms with E-state index in [9.17, 15) is 15.0 Å². The summed E-state index contributed by atoms with van der Waals surface area (Å²) in [5, 5.41) is 33.4. The number of aliphatic carboxylic acids is 1. The van der Waals surface area contributed by atoms with E-state index in [2.05, 4.69) is 31.2 Å². The smallest absolute Gasteiger partial charge is 0.314 e. The molecule has 2 N–H and O–H groups in total. The van der Waals surface area contributed by atoms with Gasteiger partial charge in [0.25, 0.3) is 0 Å². The Bertz CT molecular complexity index is 1360. The van der Waals surface area contributed by atoms with E-state index in [1.54, 1.807) is 18.2 Å². The Labute approximate surface area is 202 Å². The number of anilines is 2. The van der Waals surface area contributed by atoms with Gasteiger partial charge in [-0.1, -0.05) is 37.2 Å². The van der Waals surface area contributed by atoms with Gasteiger partial charge in [-0.25, -0.2) is 0 Å². The van der Waals surface area contributed by atoms with Gasteiger partial charge in [-0.3, -0.25) is 4.79 Å². The number of aromatic nitrogens is 3. The highest BCUT2D eigenvalue weighted by Gasteiger charge is 2.29. The van der Waals surface area contributed by atoms with Gasteiger partial charge in [-0.05, 0) is 36.2 Å². The summed E-state index contributed by atoms with van der Waals surface area (Å²) in [4.78, 5) is 16.0. The molecular formula is C26H27N5O4. The van der Waals surface area contributed by atoms with E-state index in [0.29, 0.717) is 22.8 Å². The second-order valence-electron chi connectivity index (χ2n) is 9.11. The normalized spacial score (nSPS) is 15.1. The summed E-state index contributed by atoms with van der Waals surface area (Å²) in [6.07, 6.45) is 0. The van der Waals surface area contributed by atoms with E-state index >= 15 is 0 Å². The first-order chi connectivity index (χ1) is 16.9. The second-order valence-corrected chi connectivity index (χ2v) is 9.11. The van der Waals surface area contributed by atoms with Crippen LogP contribution in [0.5, 0.6) is 5.75 Å². The van der Waals surface area contributed by atoms with Crippen LogP contribution >= 0.6 is 0 Å². The van der Waals surface area contributed by atoms with Crippen molar-refractivity contribution in [1.82, 2.24) is 15.4 Å². The molecule has 0 bridgehead atoms. The third kappa shape index (κ3) is 4.49. The number of hydrogen-bond acceptors (Lipinski definition) is 8. The number of piperazine rings is 1. The molecule has 9 heteroatoms. The van der Waals surface area contributed by atoms with Crippen LogP contribution in [0.4, 0.5) is 11.5 Å². The fraction of sp³-hybridized carbons (Fsp3) is 0.308. The molecule has 3 heterocycles. The Morgan fingerprint density at radius 3 is 2.43 bits per heavy atom. The zero-order valence-corrected chi connectivity index (χ0v) is 19.6. The highest BCUT2D eigenvalue weighted by molar-refractivity contribution is 5.85. The number of carboxylic acids is 1. The molecule has 4 aromatic rings. The lowest BCUT2D eigenvalue weighted by Gasteiger charge is -2.36. The summed E-state index contributed by atoms with van der Waals surface area (Å²) >= 11 is 0. The molecule has 0 spiro atoms. The van der Waals surface area contributed by atoms with Crippen molar-refractivity contribution >= 4 is 28.4 Å². The van der Waals surface area contributed by atoms with Gasteiger partial charge in [0.1, 0.15) is 11.7 Å². The average molecular weight is 474 g/mol. The topological polar surface area (TPSA) is 116 Å². The van der Waals surface area contributed by atoms with Crippen LogP contribution in [0.3, 0.4) is 0 Å². The van der Waals surface area contributed by atoms with E-state index in [1.165, 1.54) is 0 Å². The van der Waals surface area contributed by atoms with E-state index < -0.39 is 11.9 Å². The fourth-order valence-corrected chi connectivity index (χ4v) is 4.55. The van der Waals surface area contributed by atoms with Gasteiger partial charge >= 0.3 is 5.97 Å². The van der Waals surface area contributed by atoms with Crippen LogP contribution in [-0.4, -0.2) is 57.7 Å². The Kier molecular flexibility index (Phi) is 5.98. The molecule has 1 atom stereocenters. The largest absolute Gasteiger partial charge is 0.507 e. The predicted octanol–water partition coefficient (Wildman–Crippen LogP) is 4.14. The Morgan fingerprint density at radius 1 is 0.971 bits per heavy atom. The van der Waals surface area contributed by atoms with Crippen molar-refractivity contribution in [1.29, 1.82) is 0 Å². The summed E-state index contributed by atoms with van der Waals surface area (Å²) < 4.78 is 5.39. The predicted molar refractivity (Wildman–Crippen MR) is 133 cm³/mol. The van der Waals surface area contributed by atoms with Crippen molar-refractivity contribution < 1.29 is 19.5 Å². The molecule has 1 fully saturated rings. The van der Waals surface area contributed by atoms with Crippen molar-refractivity contribution in [2.24, 2.45) is 5.92 Å². The van der Waals surface area contributed by atoms with Crippen molar-refractivity contribution in [3.63, 3.8) is 0 Å². The van der Waals surface area contributed by atoms with Gasteiger partial charge in [0.2, 0.25) is 0 Å². The Hall–Kier alpha value is -4.14. The fourth-order valence-electron chi connectivity index (χ4n) is 4.55. The average Bonchev–Trinajstić information content (AvgIpc) is 3.33. The minimum atomic E-state index is -0.903. The SMILES string of the molecule is CC(C)C(C(=O)O)c1cc(N2CCN(c3ccc4cc(-c5ccccc5O)nnc4c3)CC2)no1. The van der Waals surface area contributed by atoms with E-state index in [4.69, 9.17) is 4.52 Å². The van der Waals surface area contributed by atoms with Crippen LogP contribution < -0.4 is 9.80 Å². The minimum Gasteiger partial charge on any atom is -0.507 e. The van der Waals surface area contributed by atoms with Gasteiger partial charge in [-0.15, -0.1) is 10.2 Å². The van der Waals surface area contributed by atoms with Crippen LogP contribution in [0.2, 0.25) is 0 Å². The lowest BCUT2D eigenvalue weighted by atomic mass is 9.93. The molecule has 0 aliphatic carbocycles. The molecule has 5 rings (SSSR count). The van der Waals surface area contributed by atoms with Gasteiger partial charge in [-0.2, -0.15) is 0 Å². The maximum absolute atomic E-state index is 11.6. The van der Waals surface area contributed by atoms with Crippen molar-refractivity contribution in [2.45, 2.75) is 19.8 Å². The minimum absolute atomic E-state index is 0.0874. The lowest BCUT2D eigenvalue weighted by Crippen LogP contribution is -2.46. The summed E-state index contributed by atoms with van der Waals surface area (Å²) in [5.74, 6) is -0.454. The number of phenolic OH excluding ortho intramolecular Hbond substituents is 1. The Morgan fingerprint density at radius 2 is 1.71 bits per heavy atom. The monoisotopic (exact) mass is 473 g/mol. The maximum Gasteiger partial charge on any atom is 0.314 e. The summed E-state index contributed by atoms with van der Waals surface area (Å²) in [6, 6.07) is 16.9. The molecule has 1 aliphatic heterocycles. The summed E-state index contributed by atoms with van der Waals surface area (Å²) in [6.45, 7) is 6.76. The molecule has 1 unspecified atom stereocenters. The van der Waals surface area contributed by atoms with Gasteiger partial charge in [0.15, 0.2) is 11.6 Å². The molecule has 2 aromatic carbocycles.